The van der Waals surface area contributed by atoms with Gasteiger partial charge in [0.25, 0.3) is 0 Å². The summed E-state index contributed by atoms with van der Waals surface area (Å²) in [4.78, 5) is 26.8. The summed E-state index contributed by atoms with van der Waals surface area (Å²) in [5.41, 5.74) is 1.37. The Bertz CT molecular complexity index is 710. The Morgan fingerprint density at radius 2 is 2.00 bits per heavy atom. The molecular formula is C14H14N2O4. The molecule has 0 saturated heterocycles. The van der Waals surface area contributed by atoms with Crippen LogP contribution in [0.2, 0.25) is 0 Å². The maximum Gasteiger partial charge on any atom is 0.336 e. The lowest BCUT2D eigenvalue weighted by Crippen LogP contribution is -2.10. The minimum absolute atomic E-state index is 0.0701. The second-order valence-corrected chi connectivity index (χ2v) is 4.38. The number of fused-ring (bicyclic) bond motifs is 1. The molecule has 2 rings (SSSR count). The number of carboxylic acid groups (broad SMARTS) is 1. The normalized spacial score (nSPS) is 10.3. The molecule has 1 aromatic carbocycles. The number of hydrogen-bond acceptors (Lipinski definition) is 4. The van der Waals surface area contributed by atoms with Crippen LogP contribution >= 0.6 is 0 Å². The van der Waals surface area contributed by atoms with Gasteiger partial charge in [-0.1, -0.05) is 0 Å². The van der Waals surface area contributed by atoms with Gasteiger partial charge in [0.15, 0.2) is 0 Å². The number of methoxy groups -OCH3 is 1. The van der Waals surface area contributed by atoms with Crippen LogP contribution in [0.15, 0.2) is 18.2 Å². The Hall–Kier alpha value is -2.63. The van der Waals surface area contributed by atoms with Crippen LogP contribution in [-0.2, 0) is 4.79 Å². The highest BCUT2D eigenvalue weighted by atomic mass is 16.5. The summed E-state index contributed by atoms with van der Waals surface area (Å²) in [6.07, 6.45) is 0. The van der Waals surface area contributed by atoms with Crippen LogP contribution in [0.3, 0.4) is 0 Å². The number of nitrogens with one attached hydrogen (secondary N) is 1. The van der Waals surface area contributed by atoms with E-state index in [2.05, 4.69) is 10.3 Å². The predicted molar refractivity (Wildman–Crippen MR) is 74.3 cm³/mol. The zero-order valence-electron chi connectivity index (χ0n) is 11.4. The fourth-order valence-corrected chi connectivity index (χ4v) is 2.01. The number of ether oxygens (including phenoxy) is 1. The fraction of sp³-hybridized carbons (Fsp3) is 0.214. The highest BCUT2D eigenvalue weighted by Crippen LogP contribution is 2.28. The maximum absolute atomic E-state index is 11.4. The summed E-state index contributed by atoms with van der Waals surface area (Å²) in [6.45, 7) is 3.15. The van der Waals surface area contributed by atoms with Crippen molar-refractivity contribution in [1.29, 1.82) is 0 Å². The van der Waals surface area contributed by atoms with E-state index in [1.165, 1.54) is 20.1 Å². The molecule has 20 heavy (non-hydrogen) atoms. The smallest absolute Gasteiger partial charge is 0.336 e. The lowest BCUT2D eigenvalue weighted by molar-refractivity contribution is -0.114. The first-order valence-corrected chi connectivity index (χ1v) is 5.92. The van der Waals surface area contributed by atoms with Gasteiger partial charge in [0, 0.05) is 12.3 Å². The summed E-state index contributed by atoms with van der Waals surface area (Å²) in [7, 11) is 1.51. The molecule has 0 radical (unpaired) electrons. The van der Waals surface area contributed by atoms with Gasteiger partial charge in [-0.05, 0) is 30.7 Å². The van der Waals surface area contributed by atoms with E-state index in [1.807, 2.05) is 0 Å². The third-order valence-corrected chi connectivity index (χ3v) is 2.85. The zero-order chi connectivity index (χ0) is 14.9. The summed E-state index contributed by atoms with van der Waals surface area (Å²) < 4.78 is 5.14. The van der Waals surface area contributed by atoms with Gasteiger partial charge in [-0.25, -0.2) is 9.78 Å². The average molecular weight is 274 g/mol. The zero-order valence-corrected chi connectivity index (χ0v) is 11.4. The van der Waals surface area contributed by atoms with E-state index in [-0.39, 0.29) is 17.3 Å². The van der Waals surface area contributed by atoms with E-state index in [0.717, 1.165) is 5.56 Å². The summed E-state index contributed by atoms with van der Waals surface area (Å²) >= 11 is 0. The highest BCUT2D eigenvalue weighted by molar-refractivity contribution is 6.05. The van der Waals surface area contributed by atoms with Crippen molar-refractivity contribution in [2.45, 2.75) is 13.8 Å². The lowest BCUT2D eigenvalue weighted by atomic mass is 10.0. The number of aromatic nitrogens is 1. The first-order chi connectivity index (χ1) is 9.42. The molecule has 0 unspecified atom stereocenters. The lowest BCUT2D eigenvalue weighted by Gasteiger charge is -2.11. The molecule has 0 spiro atoms. The molecule has 6 nitrogen and oxygen atoms in total. The molecule has 1 aromatic heterocycles. The number of carbonyl (C=O) groups excluding carboxylic acids is 1. The van der Waals surface area contributed by atoms with E-state index in [4.69, 9.17) is 4.74 Å². The fourth-order valence-electron chi connectivity index (χ4n) is 2.01. The van der Waals surface area contributed by atoms with E-state index in [9.17, 15) is 14.7 Å². The number of benzene rings is 1. The van der Waals surface area contributed by atoms with Gasteiger partial charge in [0.05, 0.1) is 18.2 Å². The van der Waals surface area contributed by atoms with Crippen molar-refractivity contribution in [3.05, 3.63) is 29.3 Å². The third-order valence-electron chi connectivity index (χ3n) is 2.85. The minimum atomic E-state index is -1.09. The van der Waals surface area contributed by atoms with Crippen molar-refractivity contribution in [2.75, 3.05) is 12.4 Å². The van der Waals surface area contributed by atoms with E-state index in [0.29, 0.717) is 16.7 Å². The van der Waals surface area contributed by atoms with Crippen LogP contribution in [-0.4, -0.2) is 29.1 Å². The number of anilines is 1. The van der Waals surface area contributed by atoms with Gasteiger partial charge in [-0.2, -0.15) is 0 Å². The average Bonchev–Trinajstić information content (AvgIpc) is 2.37. The molecule has 0 saturated carbocycles. The van der Waals surface area contributed by atoms with E-state index < -0.39 is 5.97 Å². The molecule has 0 fully saturated rings. The van der Waals surface area contributed by atoms with Gasteiger partial charge < -0.3 is 15.2 Å². The van der Waals surface area contributed by atoms with Crippen molar-refractivity contribution in [2.24, 2.45) is 0 Å². The third kappa shape index (κ3) is 2.54. The van der Waals surface area contributed by atoms with Gasteiger partial charge >= 0.3 is 5.97 Å². The summed E-state index contributed by atoms with van der Waals surface area (Å²) in [5, 5.41) is 12.3. The number of carboxylic acids is 1. The van der Waals surface area contributed by atoms with Crippen molar-refractivity contribution >= 4 is 28.6 Å². The summed E-state index contributed by atoms with van der Waals surface area (Å²) in [5.74, 6) is -0.613. The quantitative estimate of drug-likeness (QED) is 0.895. The van der Waals surface area contributed by atoms with Gasteiger partial charge in [-0.15, -0.1) is 0 Å². The van der Waals surface area contributed by atoms with Crippen molar-refractivity contribution in [3.8, 4) is 5.75 Å². The number of aromatic carboxylic acids is 1. The van der Waals surface area contributed by atoms with Gasteiger partial charge in [0.1, 0.15) is 11.6 Å². The molecule has 2 aromatic rings. The Labute approximate surface area is 115 Å². The van der Waals surface area contributed by atoms with Crippen LogP contribution in [0, 0.1) is 6.92 Å². The van der Waals surface area contributed by atoms with E-state index >= 15 is 0 Å². The van der Waals surface area contributed by atoms with Crippen molar-refractivity contribution in [3.63, 3.8) is 0 Å². The van der Waals surface area contributed by atoms with Crippen LogP contribution < -0.4 is 10.1 Å². The Kier molecular flexibility index (Phi) is 3.56. The second kappa shape index (κ2) is 5.16. The number of hydrogen-bond donors (Lipinski definition) is 2. The Morgan fingerprint density at radius 3 is 2.55 bits per heavy atom. The molecule has 1 amide bonds. The Balaban J connectivity index is 2.77. The summed E-state index contributed by atoms with van der Waals surface area (Å²) in [6, 6.07) is 4.72. The molecule has 0 aliphatic rings. The molecule has 1 heterocycles. The predicted octanol–water partition coefficient (Wildman–Crippen LogP) is 2.21. The number of nitrogens with zero attached hydrogens (tertiary/aromatic N) is 1. The molecule has 6 heteroatoms. The van der Waals surface area contributed by atoms with Crippen molar-refractivity contribution in [1.82, 2.24) is 4.98 Å². The maximum atomic E-state index is 11.4. The Morgan fingerprint density at radius 1 is 1.30 bits per heavy atom. The molecule has 0 aliphatic heterocycles. The second-order valence-electron chi connectivity index (χ2n) is 4.38. The van der Waals surface area contributed by atoms with Crippen LogP contribution in [0.4, 0.5) is 5.82 Å². The van der Waals surface area contributed by atoms with Crippen LogP contribution in [0.25, 0.3) is 10.9 Å². The number of carbonyl (C=O) groups is 2. The van der Waals surface area contributed by atoms with Crippen molar-refractivity contribution < 1.29 is 19.4 Å². The topological polar surface area (TPSA) is 88.5 Å². The SMILES string of the molecule is COc1cc(C)c2nc(NC(C)=O)cc(C(=O)O)c2c1. The number of amides is 1. The van der Waals surface area contributed by atoms with Gasteiger partial charge in [-0.3, -0.25) is 4.79 Å². The van der Waals surface area contributed by atoms with E-state index in [1.54, 1.807) is 19.1 Å². The molecule has 104 valence electrons. The highest BCUT2D eigenvalue weighted by Gasteiger charge is 2.15. The number of pyridine rings is 1. The van der Waals surface area contributed by atoms with Crippen LogP contribution in [0.5, 0.6) is 5.75 Å². The molecule has 0 atom stereocenters. The first-order valence-electron chi connectivity index (χ1n) is 5.92. The first kappa shape index (κ1) is 13.8. The number of rotatable bonds is 3. The molecule has 2 N–H and O–H groups in total. The number of aryl methyl sites for hydroxylation is 1. The largest absolute Gasteiger partial charge is 0.497 e. The molecule has 0 bridgehead atoms. The molecule has 0 aliphatic carbocycles. The standard InChI is InChI=1S/C14H14N2O4/c1-7-4-9(20-3)5-10-11(14(18)19)6-12(15-8(2)17)16-13(7)10/h4-6H,1-3H3,(H,18,19)(H,15,16,17). The van der Waals surface area contributed by atoms with Gasteiger partial charge in [0.2, 0.25) is 5.91 Å². The monoisotopic (exact) mass is 274 g/mol. The minimum Gasteiger partial charge on any atom is -0.497 e. The molecular weight excluding hydrogens is 260 g/mol. The van der Waals surface area contributed by atoms with Crippen LogP contribution in [0.1, 0.15) is 22.8 Å².